The van der Waals surface area contributed by atoms with Crippen molar-refractivity contribution >= 4 is 27.5 Å². The van der Waals surface area contributed by atoms with Crippen LogP contribution in [0.15, 0.2) is 29.4 Å². The van der Waals surface area contributed by atoms with Crippen LogP contribution in [-0.4, -0.2) is 68.8 Å². The van der Waals surface area contributed by atoms with Crippen LogP contribution >= 0.6 is 11.8 Å². The SMILES string of the molecule is Cc1ccc(-n2nnnc2SCC(=O)N(C2CCCC2)C2CCS(=O)(=O)C2)cc1. The molecule has 1 aliphatic heterocycles. The molecule has 1 atom stereocenters. The number of carbonyl (C=O) groups excluding carboxylic acids is 1. The van der Waals surface area contributed by atoms with Crippen molar-refractivity contribution in [1.29, 1.82) is 0 Å². The molecular formula is C19H25N5O3S2. The highest BCUT2D eigenvalue weighted by molar-refractivity contribution is 7.99. The van der Waals surface area contributed by atoms with Crippen LogP contribution < -0.4 is 0 Å². The Balaban J connectivity index is 1.47. The van der Waals surface area contributed by atoms with E-state index in [1.54, 1.807) is 4.68 Å². The average Bonchev–Trinajstić information content (AvgIpc) is 3.43. The van der Waals surface area contributed by atoms with E-state index in [2.05, 4.69) is 15.5 Å². The van der Waals surface area contributed by atoms with E-state index in [0.29, 0.717) is 11.6 Å². The largest absolute Gasteiger partial charge is 0.335 e. The van der Waals surface area contributed by atoms with Gasteiger partial charge in [-0.15, -0.1) is 5.10 Å². The number of hydrogen-bond acceptors (Lipinski definition) is 7. The molecule has 1 unspecified atom stereocenters. The summed E-state index contributed by atoms with van der Waals surface area (Å²) >= 11 is 1.29. The molecule has 10 heteroatoms. The topological polar surface area (TPSA) is 98.1 Å². The van der Waals surface area contributed by atoms with Crippen molar-refractivity contribution in [3.63, 3.8) is 0 Å². The van der Waals surface area contributed by atoms with Gasteiger partial charge in [-0.1, -0.05) is 42.3 Å². The summed E-state index contributed by atoms with van der Waals surface area (Å²) in [4.78, 5) is 15.0. The molecule has 2 aliphatic rings. The molecule has 1 saturated carbocycles. The second-order valence-electron chi connectivity index (χ2n) is 7.79. The Morgan fingerprint density at radius 1 is 1.17 bits per heavy atom. The van der Waals surface area contributed by atoms with Gasteiger partial charge in [0.1, 0.15) is 0 Å². The zero-order chi connectivity index (χ0) is 20.4. The predicted octanol–water partition coefficient (Wildman–Crippen LogP) is 2.02. The van der Waals surface area contributed by atoms with Crippen molar-refractivity contribution < 1.29 is 13.2 Å². The van der Waals surface area contributed by atoms with E-state index in [1.807, 2.05) is 36.1 Å². The molecule has 8 nitrogen and oxygen atoms in total. The van der Waals surface area contributed by atoms with E-state index < -0.39 is 9.84 Å². The van der Waals surface area contributed by atoms with Crippen LogP contribution in [0, 0.1) is 6.92 Å². The summed E-state index contributed by atoms with van der Waals surface area (Å²) in [7, 11) is -3.05. The maximum absolute atomic E-state index is 13.1. The Morgan fingerprint density at radius 2 is 1.90 bits per heavy atom. The Bertz CT molecular complexity index is 968. The second kappa shape index (κ2) is 8.43. The first-order valence-corrected chi connectivity index (χ1v) is 12.7. The Labute approximate surface area is 175 Å². The van der Waals surface area contributed by atoms with Gasteiger partial charge in [0.2, 0.25) is 11.1 Å². The summed E-state index contributed by atoms with van der Waals surface area (Å²) in [6.45, 7) is 2.01. The van der Waals surface area contributed by atoms with Crippen LogP contribution in [0.1, 0.15) is 37.7 Å². The van der Waals surface area contributed by atoms with Gasteiger partial charge in [-0.05, 0) is 48.7 Å². The zero-order valence-corrected chi connectivity index (χ0v) is 18.0. The molecular weight excluding hydrogens is 410 g/mol. The number of aromatic nitrogens is 4. The highest BCUT2D eigenvalue weighted by Crippen LogP contribution is 2.30. The lowest BCUT2D eigenvalue weighted by Gasteiger charge is -2.34. The van der Waals surface area contributed by atoms with E-state index in [9.17, 15) is 13.2 Å². The van der Waals surface area contributed by atoms with Crippen LogP contribution in [0.4, 0.5) is 0 Å². The Morgan fingerprint density at radius 3 is 2.55 bits per heavy atom. The third-order valence-corrected chi connectivity index (χ3v) is 8.31. The summed E-state index contributed by atoms with van der Waals surface area (Å²) in [5.41, 5.74) is 1.98. The first-order valence-electron chi connectivity index (χ1n) is 9.93. The first-order chi connectivity index (χ1) is 13.9. The van der Waals surface area contributed by atoms with Crippen molar-refractivity contribution in [2.24, 2.45) is 0 Å². The monoisotopic (exact) mass is 435 g/mol. The van der Waals surface area contributed by atoms with Crippen LogP contribution in [0.3, 0.4) is 0 Å². The van der Waals surface area contributed by atoms with Crippen LogP contribution in [0.5, 0.6) is 0 Å². The molecule has 2 aromatic rings. The number of benzene rings is 1. The first kappa shape index (κ1) is 20.3. The second-order valence-corrected chi connectivity index (χ2v) is 11.0. The average molecular weight is 436 g/mol. The lowest BCUT2D eigenvalue weighted by atomic mass is 10.1. The third-order valence-electron chi connectivity index (χ3n) is 5.65. The lowest BCUT2D eigenvalue weighted by molar-refractivity contribution is -0.132. The highest BCUT2D eigenvalue weighted by atomic mass is 32.2. The number of sulfone groups is 1. The summed E-state index contributed by atoms with van der Waals surface area (Å²) < 4.78 is 25.6. The maximum Gasteiger partial charge on any atom is 0.233 e. The number of carbonyl (C=O) groups is 1. The fourth-order valence-corrected chi connectivity index (χ4v) is 6.67. The van der Waals surface area contributed by atoms with E-state index in [-0.39, 0.29) is 35.2 Å². The minimum absolute atomic E-state index is 0.0255. The van der Waals surface area contributed by atoms with Gasteiger partial charge in [0.15, 0.2) is 9.84 Å². The number of tetrazole rings is 1. The van der Waals surface area contributed by atoms with Gasteiger partial charge in [0.05, 0.1) is 22.9 Å². The molecule has 1 aromatic heterocycles. The van der Waals surface area contributed by atoms with E-state index in [0.717, 1.165) is 36.9 Å². The molecule has 29 heavy (non-hydrogen) atoms. The van der Waals surface area contributed by atoms with Crippen molar-refractivity contribution in [3.8, 4) is 5.69 Å². The van der Waals surface area contributed by atoms with Crippen LogP contribution in [-0.2, 0) is 14.6 Å². The van der Waals surface area contributed by atoms with E-state index >= 15 is 0 Å². The molecule has 0 N–H and O–H groups in total. The van der Waals surface area contributed by atoms with Crippen molar-refractivity contribution in [1.82, 2.24) is 25.1 Å². The van der Waals surface area contributed by atoms with Gasteiger partial charge < -0.3 is 4.90 Å². The molecule has 1 aliphatic carbocycles. The molecule has 156 valence electrons. The van der Waals surface area contributed by atoms with Crippen molar-refractivity contribution in [3.05, 3.63) is 29.8 Å². The Kier molecular flexibility index (Phi) is 5.91. The quantitative estimate of drug-likeness (QED) is 0.640. The van der Waals surface area contributed by atoms with E-state index in [4.69, 9.17) is 0 Å². The predicted molar refractivity (Wildman–Crippen MR) is 111 cm³/mol. The molecule has 0 spiro atoms. The summed E-state index contributed by atoms with van der Waals surface area (Å²) in [6, 6.07) is 7.79. The van der Waals surface area contributed by atoms with Gasteiger partial charge >= 0.3 is 0 Å². The molecule has 0 bridgehead atoms. The highest BCUT2D eigenvalue weighted by Gasteiger charge is 2.39. The fraction of sp³-hybridized carbons (Fsp3) is 0.579. The van der Waals surface area contributed by atoms with Crippen LogP contribution in [0.2, 0.25) is 0 Å². The van der Waals surface area contributed by atoms with Crippen molar-refractivity contribution in [2.45, 2.75) is 56.3 Å². The number of hydrogen-bond donors (Lipinski definition) is 0. The van der Waals surface area contributed by atoms with Gasteiger partial charge in [-0.2, -0.15) is 4.68 Å². The lowest BCUT2D eigenvalue weighted by Crippen LogP contribution is -2.47. The standard InChI is InChI=1S/C19H25N5O3S2/c1-14-6-8-16(9-7-14)24-19(20-21-22-24)28-12-18(25)23(15-4-2-3-5-15)17-10-11-29(26,27)13-17/h6-9,15,17H,2-5,10-13H2,1H3. The molecule has 0 radical (unpaired) electrons. The molecule has 1 aromatic carbocycles. The summed E-state index contributed by atoms with van der Waals surface area (Å²) in [5.74, 6) is 0.426. The molecule has 4 rings (SSSR count). The molecule has 2 fully saturated rings. The van der Waals surface area contributed by atoms with Gasteiger partial charge in [-0.3, -0.25) is 4.79 Å². The summed E-state index contributed by atoms with van der Waals surface area (Å²) in [5, 5.41) is 12.4. The van der Waals surface area contributed by atoms with E-state index in [1.165, 1.54) is 11.8 Å². The number of aryl methyl sites for hydroxylation is 1. The minimum Gasteiger partial charge on any atom is -0.335 e. The number of amides is 1. The normalized spacial score (nSPS) is 21.5. The third kappa shape index (κ3) is 4.63. The van der Waals surface area contributed by atoms with Crippen LogP contribution in [0.25, 0.3) is 5.69 Å². The Hall–Kier alpha value is -1.94. The fourth-order valence-electron chi connectivity index (χ4n) is 4.20. The number of thioether (sulfide) groups is 1. The van der Waals surface area contributed by atoms with Gasteiger partial charge in [0, 0.05) is 12.1 Å². The number of rotatable bonds is 6. The summed E-state index contributed by atoms with van der Waals surface area (Å²) in [6.07, 6.45) is 4.62. The zero-order valence-electron chi connectivity index (χ0n) is 16.4. The van der Waals surface area contributed by atoms with Crippen molar-refractivity contribution in [2.75, 3.05) is 17.3 Å². The molecule has 2 heterocycles. The number of nitrogens with zero attached hydrogens (tertiary/aromatic N) is 5. The van der Waals surface area contributed by atoms with Gasteiger partial charge in [0.25, 0.3) is 0 Å². The minimum atomic E-state index is -3.05. The molecule has 1 saturated heterocycles. The maximum atomic E-state index is 13.1. The van der Waals surface area contributed by atoms with Gasteiger partial charge in [-0.25, -0.2) is 8.42 Å². The smallest absolute Gasteiger partial charge is 0.233 e. The molecule has 1 amide bonds.